The SMILES string of the molecule is COC(=O)[C@@H]1CCCN1C(=O)[C@@H]1CCCN1C(=O)[C@@H](N)CCSC.COC(=O)[C@@H]1CCCN1C(=O)[C@@H]1CCCN1C(=O)[C@H](CCSC)NP(=O)(Cc1ccccc1)Cc1ccccc1.Cl. The van der Waals surface area contributed by atoms with Gasteiger partial charge in [-0.2, -0.15) is 23.5 Å². The molecule has 0 radical (unpaired) electrons. The monoisotopic (exact) mass is 978 g/mol. The van der Waals surface area contributed by atoms with Crippen molar-refractivity contribution in [2.24, 2.45) is 5.73 Å². The largest absolute Gasteiger partial charge is 0.467 e. The van der Waals surface area contributed by atoms with Crippen LogP contribution in [0.5, 0.6) is 0 Å². The third-order valence-corrected chi connectivity index (χ3v) is 16.3. The molecule has 6 rings (SSSR count). The highest BCUT2D eigenvalue weighted by atomic mass is 35.5. The second-order valence-electron chi connectivity index (χ2n) is 16.8. The maximum atomic E-state index is 14.6. The number of amides is 4. The topological polar surface area (TPSA) is 189 Å². The van der Waals surface area contributed by atoms with Crippen molar-refractivity contribution in [3.8, 4) is 0 Å². The van der Waals surface area contributed by atoms with Crippen LogP contribution in [0.2, 0.25) is 0 Å². The summed E-state index contributed by atoms with van der Waals surface area (Å²) in [5.41, 5.74) is 7.89. The lowest BCUT2D eigenvalue weighted by Crippen LogP contribution is -2.54. The standard InChI is InChI=1S/C30H40N3O5PS.C16H27N3O4S.ClH/c1-38-30(36)27-16-10-19-33(27)29(35)26-15-9-18-32(26)28(34)25(17-20-40-2)31-39(37,21-23-11-5-3-6-12-23)22-24-13-7-4-8-14-24;1-23-16(22)13-6-4-9-19(13)15(21)12-5-3-8-18(12)14(20)11(17)7-10-24-2;/h3-8,11-14,25-27H,9-10,15-22H2,1-2H3,(H,31,37);11-13H,3-10,17H2,1-2H3;1H/t25-,26-,27-;11-,12-,13-;/m00./s1. The molecule has 0 saturated carbocycles. The van der Waals surface area contributed by atoms with Gasteiger partial charge in [-0.15, -0.1) is 12.4 Å². The molecule has 0 bridgehead atoms. The van der Waals surface area contributed by atoms with E-state index in [4.69, 9.17) is 15.2 Å². The number of hydrogen-bond acceptors (Lipinski definition) is 12. The number of ether oxygens (including phenoxy) is 2. The molecule has 0 aliphatic carbocycles. The Labute approximate surface area is 399 Å². The summed E-state index contributed by atoms with van der Waals surface area (Å²) < 4.78 is 24.3. The summed E-state index contributed by atoms with van der Waals surface area (Å²) in [7, 11) is -0.442. The molecule has 19 heteroatoms. The molecule has 4 aliphatic rings. The number of thioether (sulfide) groups is 2. The number of rotatable bonds is 18. The molecular weight excluding hydrogens is 911 g/mol. The fourth-order valence-corrected chi connectivity index (χ4v) is 12.9. The van der Waals surface area contributed by atoms with Crippen LogP contribution in [-0.2, 0) is 55.1 Å². The number of likely N-dealkylation sites (tertiary alicyclic amines) is 4. The fraction of sp³-hybridized carbons (Fsp3) is 0.609. The number of carbonyl (C=O) groups excluding carboxylic acids is 6. The Kier molecular flexibility index (Phi) is 22.2. The lowest BCUT2D eigenvalue weighted by molar-refractivity contribution is -0.154. The smallest absolute Gasteiger partial charge is 0.328 e. The van der Waals surface area contributed by atoms with E-state index in [-0.39, 0.29) is 42.0 Å². The third-order valence-electron chi connectivity index (χ3n) is 12.5. The molecule has 6 atom stereocenters. The Balaban J connectivity index is 0.000000317. The zero-order chi connectivity index (χ0) is 46.2. The van der Waals surface area contributed by atoms with Crippen molar-refractivity contribution in [1.82, 2.24) is 24.7 Å². The van der Waals surface area contributed by atoms with Gasteiger partial charge in [0, 0.05) is 38.5 Å². The Morgan fingerprint density at radius 1 is 0.631 bits per heavy atom. The van der Waals surface area contributed by atoms with Crippen LogP contribution in [0.25, 0.3) is 0 Å². The van der Waals surface area contributed by atoms with E-state index in [9.17, 15) is 33.3 Å². The van der Waals surface area contributed by atoms with E-state index in [1.807, 2.05) is 73.2 Å². The molecule has 0 spiro atoms. The molecule has 0 aromatic heterocycles. The molecule has 15 nitrogen and oxygen atoms in total. The highest BCUT2D eigenvalue weighted by Crippen LogP contribution is 2.49. The normalized spacial score (nSPS) is 21.5. The van der Waals surface area contributed by atoms with E-state index in [0.717, 1.165) is 36.1 Å². The first-order valence-corrected chi connectivity index (χ1v) is 27.3. The molecule has 65 heavy (non-hydrogen) atoms. The minimum Gasteiger partial charge on any atom is -0.467 e. The average molecular weight is 980 g/mol. The molecule has 2 aromatic rings. The number of nitrogens with two attached hydrogens (primary N) is 1. The van der Waals surface area contributed by atoms with Gasteiger partial charge in [-0.25, -0.2) is 9.59 Å². The first-order valence-electron chi connectivity index (χ1n) is 22.4. The number of hydrogen-bond donors (Lipinski definition) is 2. The Morgan fingerprint density at radius 3 is 1.43 bits per heavy atom. The van der Waals surface area contributed by atoms with Gasteiger partial charge in [-0.05, 0) is 99.4 Å². The summed E-state index contributed by atoms with van der Waals surface area (Å²) in [4.78, 5) is 83.8. The molecule has 4 aliphatic heterocycles. The Morgan fingerprint density at radius 2 is 1.02 bits per heavy atom. The van der Waals surface area contributed by atoms with Crippen molar-refractivity contribution in [3.05, 3.63) is 71.8 Å². The molecule has 2 aromatic carbocycles. The van der Waals surface area contributed by atoms with E-state index in [2.05, 4.69) is 5.09 Å². The van der Waals surface area contributed by atoms with Crippen molar-refractivity contribution in [3.63, 3.8) is 0 Å². The maximum Gasteiger partial charge on any atom is 0.328 e. The van der Waals surface area contributed by atoms with E-state index in [1.54, 1.807) is 43.1 Å². The highest BCUT2D eigenvalue weighted by molar-refractivity contribution is 7.98. The van der Waals surface area contributed by atoms with Gasteiger partial charge in [0.05, 0.1) is 26.3 Å². The van der Waals surface area contributed by atoms with E-state index in [1.165, 1.54) is 14.2 Å². The molecule has 4 fully saturated rings. The second-order valence-corrected chi connectivity index (χ2v) is 21.5. The van der Waals surface area contributed by atoms with Crippen LogP contribution in [0.4, 0.5) is 0 Å². The number of nitrogens with zero attached hydrogens (tertiary/aromatic N) is 4. The van der Waals surface area contributed by atoms with Crippen molar-refractivity contribution in [2.45, 2.75) is 113 Å². The summed E-state index contributed by atoms with van der Waals surface area (Å²) in [6, 6.07) is 15.9. The number of carbonyl (C=O) groups is 6. The number of benzene rings is 2. The lowest BCUT2D eigenvalue weighted by Gasteiger charge is -2.34. The molecule has 4 heterocycles. The number of methoxy groups -OCH3 is 2. The van der Waals surface area contributed by atoms with Crippen LogP contribution in [0.3, 0.4) is 0 Å². The van der Waals surface area contributed by atoms with Crippen molar-refractivity contribution < 1.29 is 42.8 Å². The Hall–Kier alpha value is -3.60. The average Bonchev–Trinajstić information content (AvgIpc) is 4.16. The summed E-state index contributed by atoms with van der Waals surface area (Å²) in [6.07, 6.45) is 11.1. The van der Waals surface area contributed by atoms with E-state index >= 15 is 0 Å². The lowest BCUT2D eigenvalue weighted by atomic mass is 10.1. The van der Waals surface area contributed by atoms with E-state index in [0.29, 0.717) is 89.2 Å². The minimum atomic E-state index is -3.11. The zero-order valence-electron chi connectivity index (χ0n) is 38.2. The van der Waals surface area contributed by atoms with Crippen molar-refractivity contribution >= 4 is 78.8 Å². The first-order chi connectivity index (χ1) is 30.9. The predicted octanol–water partition coefficient (Wildman–Crippen LogP) is 5.17. The Bertz CT molecular complexity index is 1890. The molecule has 3 N–H and O–H groups in total. The number of halogens is 1. The van der Waals surface area contributed by atoms with Crippen LogP contribution in [0.15, 0.2) is 60.7 Å². The summed E-state index contributed by atoms with van der Waals surface area (Å²) in [6.45, 7) is 2.04. The van der Waals surface area contributed by atoms with Crippen LogP contribution in [-0.4, -0.2) is 156 Å². The van der Waals surface area contributed by atoms with Gasteiger partial charge in [0.1, 0.15) is 24.2 Å². The van der Waals surface area contributed by atoms with Gasteiger partial charge in [0.25, 0.3) is 0 Å². The first kappa shape index (κ1) is 54.0. The molecule has 4 saturated heterocycles. The molecular formula is C46H68ClN6O9PS2. The van der Waals surface area contributed by atoms with Gasteiger partial charge >= 0.3 is 11.9 Å². The predicted molar refractivity (Wildman–Crippen MR) is 259 cm³/mol. The third kappa shape index (κ3) is 14.4. The minimum absolute atomic E-state index is 0. The van der Waals surface area contributed by atoms with Crippen molar-refractivity contribution in [1.29, 1.82) is 0 Å². The second kappa shape index (κ2) is 26.7. The van der Waals surface area contributed by atoms with Gasteiger partial charge in [0.2, 0.25) is 23.6 Å². The van der Waals surface area contributed by atoms with Gasteiger partial charge in [0.15, 0.2) is 7.29 Å². The molecule has 0 unspecified atom stereocenters. The molecule has 360 valence electrons. The van der Waals surface area contributed by atoms with Gasteiger partial charge in [-0.3, -0.25) is 24.3 Å². The van der Waals surface area contributed by atoms with Crippen LogP contribution in [0, 0.1) is 0 Å². The fourth-order valence-electron chi connectivity index (χ4n) is 9.23. The van der Waals surface area contributed by atoms with Crippen LogP contribution >= 0.6 is 43.2 Å². The summed E-state index contributed by atoms with van der Waals surface area (Å²) in [5.74, 6) is 0.0370. The maximum absolute atomic E-state index is 14.6. The van der Waals surface area contributed by atoms with Crippen molar-refractivity contribution in [2.75, 3.05) is 64.4 Å². The van der Waals surface area contributed by atoms with E-state index < -0.39 is 49.5 Å². The molecule has 4 amide bonds. The van der Waals surface area contributed by atoms with Crippen LogP contribution < -0.4 is 10.8 Å². The summed E-state index contributed by atoms with van der Waals surface area (Å²) in [5, 5.41) is 3.36. The number of esters is 2. The highest BCUT2D eigenvalue weighted by Gasteiger charge is 2.45. The summed E-state index contributed by atoms with van der Waals surface area (Å²) >= 11 is 3.28. The van der Waals surface area contributed by atoms with Gasteiger partial charge in [-0.1, -0.05) is 60.7 Å². The zero-order valence-corrected chi connectivity index (χ0v) is 41.5. The van der Waals surface area contributed by atoms with Crippen LogP contribution in [0.1, 0.15) is 75.3 Å². The number of nitrogens with one attached hydrogen (secondary N) is 1. The quantitative estimate of drug-likeness (QED) is 0.147. The van der Waals surface area contributed by atoms with Gasteiger partial charge < -0.3 is 39.4 Å².